The van der Waals surface area contributed by atoms with Gasteiger partial charge >= 0.3 is 0 Å². The first-order chi connectivity index (χ1) is 9.60. The number of hydrogen-bond acceptors (Lipinski definition) is 7. The third kappa shape index (κ3) is 4.24. The molecule has 1 heterocycles. The van der Waals surface area contributed by atoms with Gasteiger partial charge < -0.3 is 25.4 Å². The molecule has 1 amide bonds. The number of carbonyl (C=O) groups is 1. The number of sulfone groups is 1. The highest BCUT2D eigenvalue weighted by atomic mass is 32.2. The molecule has 122 valence electrons. The summed E-state index contributed by atoms with van der Waals surface area (Å²) in [5.74, 6) is -0.970. The molecule has 0 saturated carbocycles. The van der Waals surface area contributed by atoms with Crippen molar-refractivity contribution in [2.75, 3.05) is 12.4 Å². The molecule has 0 spiro atoms. The zero-order valence-corrected chi connectivity index (χ0v) is 12.7. The lowest BCUT2D eigenvalue weighted by Crippen LogP contribution is -2.65. The third-order valence-electron chi connectivity index (χ3n) is 3.05. The maximum absolute atomic E-state index is 12.3. The van der Waals surface area contributed by atoms with Gasteiger partial charge in [0.15, 0.2) is 15.3 Å². The maximum atomic E-state index is 12.3. The molecule has 1 rings (SSSR count). The highest BCUT2D eigenvalue weighted by Crippen LogP contribution is 2.26. The molecular weight excluding hydrogens is 302 g/mol. The van der Waals surface area contributed by atoms with E-state index in [2.05, 4.69) is 11.9 Å². The van der Waals surface area contributed by atoms with Gasteiger partial charge in [-0.1, -0.05) is 12.2 Å². The van der Waals surface area contributed by atoms with Gasteiger partial charge in [0.2, 0.25) is 5.91 Å². The fourth-order valence-electron chi connectivity index (χ4n) is 2.20. The minimum absolute atomic E-state index is 0.362. The van der Waals surface area contributed by atoms with E-state index in [9.17, 15) is 23.4 Å². The Labute approximate surface area is 123 Å². The lowest BCUT2D eigenvalue weighted by molar-refractivity contribution is -0.175. The van der Waals surface area contributed by atoms with Crippen LogP contribution < -0.4 is 5.32 Å². The van der Waals surface area contributed by atoms with Crippen LogP contribution in [0.15, 0.2) is 12.2 Å². The van der Waals surface area contributed by atoms with Crippen LogP contribution in [0, 0.1) is 0 Å². The lowest BCUT2D eigenvalue weighted by atomic mass is 9.98. The number of nitrogens with one attached hydrogen (secondary N) is 1. The number of amides is 1. The molecule has 0 radical (unpaired) electrons. The lowest BCUT2D eigenvalue weighted by Gasteiger charge is -2.42. The number of ether oxygens (including phenoxy) is 1. The van der Waals surface area contributed by atoms with Gasteiger partial charge in [-0.15, -0.1) is 0 Å². The van der Waals surface area contributed by atoms with Crippen LogP contribution in [0.5, 0.6) is 0 Å². The molecule has 9 heteroatoms. The summed E-state index contributed by atoms with van der Waals surface area (Å²) < 4.78 is 29.8. The Bertz CT molecular complexity index is 504. The first-order valence-electron chi connectivity index (χ1n) is 6.35. The number of carbonyl (C=O) groups excluding carboxylic acids is 1. The Morgan fingerprint density at radius 1 is 1.29 bits per heavy atom. The van der Waals surface area contributed by atoms with E-state index in [1.807, 2.05) is 0 Å². The largest absolute Gasteiger partial charge is 0.394 e. The molecule has 1 aliphatic heterocycles. The van der Waals surface area contributed by atoms with Crippen molar-refractivity contribution in [2.45, 2.75) is 43.6 Å². The van der Waals surface area contributed by atoms with E-state index in [1.54, 1.807) is 0 Å². The van der Waals surface area contributed by atoms with Gasteiger partial charge in [-0.3, -0.25) is 4.79 Å². The van der Waals surface area contributed by atoms with Crippen LogP contribution in [0.25, 0.3) is 0 Å². The monoisotopic (exact) mass is 323 g/mol. The highest BCUT2D eigenvalue weighted by molar-refractivity contribution is 7.92. The minimum Gasteiger partial charge on any atom is -0.394 e. The van der Waals surface area contributed by atoms with Crippen LogP contribution in [0.4, 0.5) is 0 Å². The van der Waals surface area contributed by atoms with Gasteiger partial charge in [0.25, 0.3) is 0 Å². The first kappa shape index (κ1) is 18.1. The van der Waals surface area contributed by atoms with E-state index < -0.39 is 57.9 Å². The van der Waals surface area contributed by atoms with Gasteiger partial charge in [-0.2, -0.15) is 0 Å². The van der Waals surface area contributed by atoms with Gasteiger partial charge in [0, 0.05) is 6.92 Å². The van der Waals surface area contributed by atoms with Crippen molar-refractivity contribution >= 4 is 15.7 Å². The summed E-state index contributed by atoms with van der Waals surface area (Å²) in [6.45, 7) is 5.52. The minimum atomic E-state index is -3.90. The molecule has 0 aromatic carbocycles. The molecule has 8 nitrogen and oxygen atoms in total. The van der Waals surface area contributed by atoms with Crippen LogP contribution in [-0.4, -0.2) is 71.8 Å². The summed E-state index contributed by atoms with van der Waals surface area (Å²) in [6.07, 6.45) is -4.34. The molecule has 21 heavy (non-hydrogen) atoms. The van der Waals surface area contributed by atoms with Crippen molar-refractivity contribution in [3.8, 4) is 0 Å². The molecule has 0 aromatic heterocycles. The van der Waals surface area contributed by atoms with Crippen molar-refractivity contribution in [3.05, 3.63) is 12.2 Å². The highest BCUT2D eigenvalue weighted by Gasteiger charge is 2.49. The zero-order valence-electron chi connectivity index (χ0n) is 11.9. The molecule has 0 bridgehead atoms. The maximum Gasteiger partial charge on any atom is 0.217 e. The van der Waals surface area contributed by atoms with Gasteiger partial charge in [-0.25, -0.2) is 8.42 Å². The Kier molecular flexibility index (Phi) is 5.88. The second kappa shape index (κ2) is 6.84. The topological polar surface area (TPSA) is 133 Å². The van der Waals surface area contributed by atoms with Crippen molar-refractivity contribution in [1.82, 2.24) is 5.32 Å². The van der Waals surface area contributed by atoms with Crippen LogP contribution >= 0.6 is 0 Å². The smallest absolute Gasteiger partial charge is 0.217 e. The molecule has 0 aliphatic carbocycles. The molecule has 1 fully saturated rings. The van der Waals surface area contributed by atoms with Crippen molar-refractivity contribution in [1.29, 1.82) is 0 Å². The molecule has 1 saturated heterocycles. The van der Waals surface area contributed by atoms with Crippen molar-refractivity contribution in [2.24, 2.45) is 0 Å². The Balaban J connectivity index is 3.15. The van der Waals surface area contributed by atoms with Gasteiger partial charge in [0.05, 0.1) is 18.4 Å². The average molecular weight is 323 g/mol. The van der Waals surface area contributed by atoms with Crippen molar-refractivity contribution < 1.29 is 33.3 Å². The third-order valence-corrected chi connectivity index (χ3v) is 5.06. The molecule has 0 unspecified atom stereocenters. The molecule has 1 aliphatic rings. The van der Waals surface area contributed by atoms with Gasteiger partial charge in [-0.05, 0) is 6.92 Å². The average Bonchev–Trinajstić information content (AvgIpc) is 2.33. The fraction of sp³-hybridized carbons (Fsp3) is 0.750. The quantitative estimate of drug-likeness (QED) is 0.427. The number of aliphatic hydroxyl groups is 3. The predicted molar refractivity (Wildman–Crippen MR) is 74.0 cm³/mol. The van der Waals surface area contributed by atoms with Crippen LogP contribution in [-0.2, 0) is 19.4 Å². The summed E-state index contributed by atoms with van der Waals surface area (Å²) in [4.78, 5) is 11.2. The standard InChI is InChI=1S/C12H21NO7S/c1-6(2)5-21(18,19)12-9(13-7(3)15)11(17)10(16)8(4-14)20-12/h8-12,14,16-17H,1,4-5H2,2-3H3,(H,13,15)/t8-,9-,10+,11-,12+/m1/s1. The molecule has 0 aromatic rings. The first-order valence-corrected chi connectivity index (χ1v) is 8.07. The fourth-order valence-corrected chi connectivity index (χ4v) is 4.04. The van der Waals surface area contributed by atoms with E-state index in [-0.39, 0.29) is 0 Å². The van der Waals surface area contributed by atoms with Gasteiger partial charge in [0.1, 0.15) is 18.3 Å². The second-order valence-electron chi connectivity index (χ2n) is 5.20. The van der Waals surface area contributed by atoms with Crippen LogP contribution in [0.1, 0.15) is 13.8 Å². The Hall–Kier alpha value is -1.00. The SMILES string of the molecule is C=C(C)CS(=O)(=O)[C@@H]1O[C@H](CO)[C@H](O)[C@H](O)[C@H]1NC(C)=O. The van der Waals surface area contributed by atoms with E-state index in [0.717, 1.165) is 6.92 Å². The van der Waals surface area contributed by atoms with Crippen molar-refractivity contribution in [3.63, 3.8) is 0 Å². The van der Waals surface area contributed by atoms with Crippen LogP contribution in [0.3, 0.4) is 0 Å². The summed E-state index contributed by atoms with van der Waals surface area (Å²) in [6, 6.07) is -1.33. The van der Waals surface area contributed by atoms with Crippen LogP contribution in [0.2, 0.25) is 0 Å². The number of hydrogen-bond donors (Lipinski definition) is 4. The number of rotatable bonds is 5. The molecule has 4 N–H and O–H groups in total. The zero-order chi connectivity index (χ0) is 16.4. The van der Waals surface area contributed by atoms with E-state index in [4.69, 9.17) is 9.84 Å². The summed E-state index contributed by atoms with van der Waals surface area (Å²) >= 11 is 0. The predicted octanol–water partition coefficient (Wildman–Crippen LogP) is -2.08. The second-order valence-corrected chi connectivity index (χ2v) is 7.28. The summed E-state index contributed by atoms with van der Waals surface area (Å²) in [5.41, 5.74) is -1.21. The Morgan fingerprint density at radius 2 is 1.86 bits per heavy atom. The normalized spacial score (nSPS) is 33.5. The Morgan fingerprint density at radius 3 is 2.29 bits per heavy atom. The molecular formula is C12H21NO7S. The number of aliphatic hydroxyl groups excluding tert-OH is 3. The summed E-state index contributed by atoms with van der Waals surface area (Å²) in [7, 11) is -3.90. The van der Waals surface area contributed by atoms with E-state index >= 15 is 0 Å². The van der Waals surface area contributed by atoms with E-state index in [1.165, 1.54) is 6.92 Å². The summed E-state index contributed by atoms with van der Waals surface area (Å²) in [5, 5.41) is 31.2. The van der Waals surface area contributed by atoms with E-state index in [0.29, 0.717) is 5.57 Å². The molecule has 5 atom stereocenters.